The quantitative estimate of drug-likeness (QED) is 0.423. The maximum absolute atomic E-state index is 12.6. The molecule has 1 amide bonds. The van der Waals surface area contributed by atoms with Gasteiger partial charge in [0.1, 0.15) is 0 Å². The summed E-state index contributed by atoms with van der Waals surface area (Å²) in [4.78, 5) is 12.6. The number of aryl methyl sites for hydroxylation is 2. The van der Waals surface area contributed by atoms with Gasteiger partial charge in [-0.3, -0.25) is 14.2 Å². The smallest absolute Gasteiger partial charge is 0.248 e. The highest BCUT2D eigenvalue weighted by atomic mass is 32.2. The number of benzene rings is 2. The lowest BCUT2D eigenvalue weighted by Crippen LogP contribution is -2.17. The Labute approximate surface area is 201 Å². The number of nitrogens with one attached hydrogen (secondary N) is 2. The number of aromatic nitrogens is 2. The van der Waals surface area contributed by atoms with Crippen molar-refractivity contribution in [2.75, 3.05) is 15.8 Å². The van der Waals surface area contributed by atoms with Crippen LogP contribution in [0.15, 0.2) is 48.5 Å². The number of hydrogen-bond acceptors (Lipinski definition) is 4. The average Bonchev–Trinajstić information content (AvgIpc) is 3.03. The van der Waals surface area contributed by atoms with E-state index in [1.54, 1.807) is 31.2 Å². The highest BCUT2D eigenvalue weighted by molar-refractivity contribution is 7.92. The van der Waals surface area contributed by atoms with E-state index in [0.29, 0.717) is 29.9 Å². The number of carbonyl (C=O) groups excluding carboxylic acids is 1. The Morgan fingerprint density at radius 2 is 1.71 bits per heavy atom. The second-order valence-corrected chi connectivity index (χ2v) is 10.3. The molecule has 0 aliphatic heterocycles. The number of nitrogens with zero attached hydrogens (tertiary/aromatic N) is 2. The maximum atomic E-state index is 12.6. The minimum absolute atomic E-state index is 0.0437. The van der Waals surface area contributed by atoms with Gasteiger partial charge in [-0.1, -0.05) is 42.8 Å². The third kappa shape index (κ3) is 6.35. The molecule has 8 heteroatoms. The molecule has 34 heavy (non-hydrogen) atoms. The summed E-state index contributed by atoms with van der Waals surface area (Å²) >= 11 is 0. The summed E-state index contributed by atoms with van der Waals surface area (Å²) in [5.74, 6) is -0.260. The zero-order chi connectivity index (χ0) is 24.9. The third-order valence-corrected chi connectivity index (χ3v) is 7.10. The molecule has 0 aliphatic rings. The molecule has 0 spiro atoms. The van der Waals surface area contributed by atoms with Crippen LogP contribution in [0.5, 0.6) is 0 Å². The second kappa shape index (κ2) is 10.7. The Balaban J connectivity index is 1.73. The Kier molecular flexibility index (Phi) is 7.94. The average molecular weight is 481 g/mol. The van der Waals surface area contributed by atoms with E-state index in [1.165, 1.54) is 11.6 Å². The van der Waals surface area contributed by atoms with Crippen molar-refractivity contribution in [3.63, 3.8) is 0 Å². The molecule has 1 heterocycles. The molecule has 0 aliphatic carbocycles. The van der Waals surface area contributed by atoms with Gasteiger partial charge in [0, 0.05) is 23.0 Å². The van der Waals surface area contributed by atoms with Crippen LogP contribution in [-0.2, 0) is 21.4 Å². The summed E-state index contributed by atoms with van der Waals surface area (Å²) in [5, 5.41) is 7.47. The number of rotatable bonds is 9. The summed E-state index contributed by atoms with van der Waals surface area (Å²) in [6, 6.07) is 13.5. The van der Waals surface area contributed by atoms with Crippen LogP contribution >= 0.6 is 0 Å². The second-order valence-electron chi connectivity index (χ2n) is 8.45. The lowest BCUT2D eigenvalue weighted by molar-refractivity contribution is -0.111. The molecule has 0 bridgehead atoms. The van der Waals surface area contributed by atoms with Gasteiger partial charge in [0.15, 0.2) is 0 Å². The topological polar surface area (TPSA) is 93.1 Å². The van der Waals surface area contributed by atoms with E-state index < -0.39 is 10.0 Å². The van der Waals surface area contributed by atoms with Crippen LogP contribution in [0.1, 0.15) is 47.0 Å². The van der Waals surface area contributed by atoms with Gasteiger partial charge in [0.2, 0.25) is 15.9 Å². The van der Waals surface area contributed by atoms with E-state index in [1.807, 2.05) is 25.5 Å². The summed E-state index contributed by atoms with van der Waals surface area (Å²) in [5.41, 5.74) is 6.76. The summed E-state index contributed by atoms with van der Waals surface area (Å²) in [6.07, 6.45) is 3.76. The van der Waals surface area contributed by atoms with Gasteiger partial charge < -0.3 is 5.32 Å². The normalized spacial score (nSPS) is 11.7. The van der Waals surface area contributed by atoms with Gasteiger partial charge in [0.05, 0.1) is 23.7 Å². The first-order chi connectivity index (χ1) is 16.1. The molecule has 180 valence electrons. The van der Waals surface area contributed by atoms with Gasteiger partial charge >= 0.3 is 0 Å². The molecule has 0 unspecified atom stereocenters. The summed E-state index contributed by atoms with van der Waals surface area (Å²) in [7, 11) is -3.42. The van der Waals surface area contributed by atoms with Crippen molar-refractivity contribution in [3.05, 3.63) is 82.2 Å². The maximum Gasteiger partial charge on any atom is 0.248 e. The molecule has 2 aromatic carbocycles. The van der Waals surface area contributed by atoms with Gasteiger partial charge in [-0.15, -0.1) is 0 Å². The zero-order valence-corrected chi connectivity index (χ0v) is 21.2. The van der Waals surface area contributed by atoms with Crippen molar-refractivity contribution in [1.29, 1.82) is 0 Å². The predicted molar refractivity (Wildman–Crippen MR) is 139 cm³/mol. The largest absolute Gasteiger partial charge is 0.322 e. The Morgan fingerprint density at radius 3 is 2.38 bits per heavy atom. The molecule has 3 rings (SSSR count). The van der Waals surface area contributed by atoms with E-state index in [0.717, 1.165) is 22.5 Å². The molecule has 3 aromatic rings. The highest BCUT2D eigenvalue weighted by Crippen LogP contribution is 2.25. The number of carbonyl (C=O) groups is 1. The van der Waals surface area contributed by atoms with E-state index in [2.05, 4.69) is 46.3 Å². The third-order valence-electron chi connectivity index (χ3n) is 5.62. The molecule has 0 fully saturated rings. The molecule has 2 N–H and O–H groups in total. The van der Waals surface area contributed by atoms with Crippen molar-refractivity contribution in [3.8, 4) is 0 Å². The van der Waals surface area contributed by atoms with Crippen LogP contribution in [0, 0.1) is 27.7 Å². The zero-order valence-electron chi connectivity index (χ0n) is 20.3. The number of anilines is 2. The molecule has 0 radical (unpaired) electrons. The molecule has 0 saturated heterocycles. The van der Waals surface area contributed by atoms with Gasteiger partial charge in [-0.05, 0) is 63.5 Å². The molecule has 1 aromatic heterocycles. The lowest BCUT2D eigenvalue weighted by atomic mass is 10.1. The van der Waals surface area contributed by atoms with E-state index >= 15 is 0 Å². The van der Waals surface area contributed by atoms with Crippen LogP contribution in [0.3, 0.4) is 0 Å². The molecular weight excluding hydrogens is 448 g/mol. The van der Waals surface area contributed by atoms with Crippen molar-refractivity contribution >= 4 is 33.4 Å². The highest BCUT2D eigenvalue weighted by Gasteiger charge is 2.14. The fourth-order valence-electron chi connectivity index (χ4n) is 3.67. The number of hydrogen-bond donors (Lipinski definition) is 2. The van der Waals surface area contributed by atoms with Gasteiger partial charge in [-0.25, -0.2) is 8.42 Å². The molecule has 0 saturated carbocycles. The summed E-state index contributed by atoms with van der Waals surface area (Å²) < 4.78 is 28.8. The Morgan fingerprint density at radius 1 is 1.03 bits per heavy atom. The number of amides is 1. The minimum Gasteiger partial charge on any atom is -0.322 e. The van der Waals surface area contributed by atoms with Gasteiger partial charge in [0.25, 0.3) is 0 Å². The SMILES string of the molecule is CCCS(=O)(=O)Nc1cccc(NC(=O)/C=C/c2c(C)nn(Cc3ccc(C)cc3)c2C)c1C. The van der Waals surface area contributed by atoms with Crippen molar-refractivity contribution < 1.29 is 13.2 Å². The first-order valence-corrected chi connectivity index (χ1v) is 12.9. The van der Waals surface area contributed by atoms with Crippen molar-refractivity contribution in [1.82, 2.24) is 9.78 Å². The first kappa shape index (κ1) is 25.2. The van der Waals surface area contributed by atoms with E-state index in [9.17, 15) is 13.2 Å². The van der Waals surface area contributed by atoms with E-state index in [4.69, 9.17) is 0 Å². The molecule has 0 atom stereocenters. The molecular formula is C26H32N4O3S. The van der Waals surface area contributed by atoms with Crippen LogP contribution in [0.4, 0.5) is 11.4 Å². The van der Waals surface area contributed by atoms with Crippen molar-refractivity contribution in [2.45, 2.75) is 47.6 Å². The Hall–Kier alpha value is -3.39. The fraction of sp³-hybridized carbons (Fsp3) is 0.308. The van der Waals surface area contributed by atoms with Gasteiger partial charge in [-0.2, -0.15) is 5.10 Å². The Bertz CT molecular complexity index is 1310. The molecule has 7 nitrogen and oxygen atoms in total. The summed E-state index contributed by atoms with van der Waals surface area (Å²) in [6.45, 7) is 10.2. The number of sulfonamides is 1. The van der Waals surface area contributed by atoms with Crippen molar-refractivity contribution in [2.24, 2.45) is 0 Å². The first-order valence-electron chi connectivity index (χ1n) is 11.3. The standard InChI is InChI=1S/C26H32N4O3S/c1-6-16-34(32,33)29-25-9-7-8-24(19(25)3)27-26(31)15-14-23-20(4)28-30(21(23)5)17-22-12-10-18(2)11-13-22/h7-15,29H,6,16-17H2,1-5H3,(H,27,31)/b15-14+. The van der Waals surface area contributed by atoms with Crippen LogP contribution in [-0.4, -0.2) is 29.9 Å². The van der Waals surface area contributed by atoms with E-state index in [-0.39, 0.29) is 11.7 Å². The fourth-order valence-corrected chi connectivity index (χ4v) is 4.87. The monoisotopic (exact) mass is 480 g/mol. The van der Waals surface area contributed by atoms with Crippen LogP contribution < -0.4 is 10.0 Å². The minimum atomic E-state index is -3.42. The van der Waals surface area contributed by atoms with Crippen LogP contribution in [0.25, 0.3) is 6.08 Å². The predicted octanol–water partition coefficient (Wildman–Crippen LogP) is 4.97. The van der Waals surface area contributed by atoms with Crippen LogP contribution in [0.2, 0.25) is 0 Å². The lowest BCUT2D eigenvalue weighted by Gasteiger charge is -2.13.